The van der Waals surface area contributed by atoms with Crippen molar-refractivity contribution in [1.29, 1.82) is 0 Å². The molecule has 226 valence electrons. The number of aromatic nitrogens is 5. The van der Waals surface area contributed by atoms with E-state index in [0.717, 1.165) is 16.2 Å². The van der Waals surface area contributed by atoms with Crippen molar-refractivity contribution in [1.82, 2.24) is 29.8 Å². The molecule has 1 fully saturated rings. The highest BCUT2D eigenvalue weighted by Crippen LogP contribution is 2.41. The lowest BCUT2D eigenvalue weighted by atomic mass is 10.0. The number of carboxylic acid groups (broad SMARTS) is 2. The third-order valence-corrected chi connectivity index (χ3v) is 9.54. The predicted molar refractivity (Wildman–Crippen MR) is 152 cm³/mol. The van der Waals surface area contributed by atoms with Crippen molar-refractivity contribution in [2.24, 2.45) is 12.2 Å². The van der Waals surface area contributed by atoms with E-state index in [-0.39, 0.29) is 38.7 Å². The van der Waals surface area contributed by atoms with Gasteiger partial charge < -0.3 is 36.6 Å². The number of carbonyl (C=O) groups excluding carboxylic acids is 3. The second-order valence-corrected chi connectivity index (χ2v) is 12.9. The number of aliphatic carboxylic acids is 2. The Morgan fingerprint density at radius 2 is 2.12 bits per heavy atom. The van der Waals surface area contributed by atoms with E-state index in [2.05, 4.69) is 25.5 Å². The van der Waals surface area contributed by atoms with Crippen LogP contribution >= 0.6 is 34.9 Å². The monoisotopic (exact) mass is 648 g/mol. The Morgan fingerprint density at radius 3 is 2.77 bits per heavy atom. The van der Waals surface area contributed by atoms with Crippen LogP contribution in [-0.4, -0.2) is 87.6 Å². The molecular formula is C23H24N10O7S3. The summed E-state index contributed by atoms with van der Waals surface area (Å²) in [5.74, 6) is -3.78. The van der Waals surface area contributed by atoms with E-state index in [1.54, 1.807) is 28.5 Å². The van der Waals surface area contributed by atoms with Crippen molar-refractivity contribution >= 4 is 80.9 Å². The van der Waals surface area contributed by atoms with Crippen molar-refractivity contribution in [3.63, 3.8) is 0 Å². The molecule has 3 aromatic rings. The highest BCUT2D eigenvalue weighted by molar-refractivity contribution is 8.01. The predicted octanol–water partition coefficient (Wildman–Crippen LogP) is -2.05. The molecule has 0 radical (unpaired) electrons. The molecule has 0 aliphatic carbocycles. The van der Waals surface area contributed by atoms with Crippen LogP contribution in [-0.2, 0) is 31.1 Å². The molecule has 0 saturated carbocycles. The Kier molecular flexibility index (Phi) is 7.92. The molecule has 3 aromatic heterocycles. The van der Waals surface area contributed by atoms with Crippen LogP contribution in [0.5, 0.6) is 0 Å². The van der Waals surface area contributed by atoms with Gasteiger partial charge in [0.05, 0.1) is 29.7 Å². The second-order valence-electron chi connectivity index (χ2n) is 9.77. The zero-order chi connectivity index (χ0) is 31.2. The van der Waals surface area contributed by atoms with E-state index in [9.17, 15) is 29.4 Å². The number of hydrogen-bond donors (Lipinski definition) is 4. The average Bonchev–Trinajstić information content (AvgIpc) is 3.54. The fourth-order valence-corrected chi connectivity index (χ4v) is 7.17. The second kappa shape index (κ2) is 11.3. The number of nitrogens with two attached hydrogens (primary N) is 2. The van der Waals surface area contributed by atoms with Gasteiger partial charge >= 0.3 is 5.97 Å². The molecule has 43 heavy (non-hydrogen) atoms. The summed E-state index contributed by atoms with van der Waals surface area (Å²) in [6.45, 7) is 2.48. The largest absolute Gasteiger partial charge is 0.543 e. The number of nitrogen functional groups attached to an aromatic ring is 2. The number of oxime groups is 1. The SMILES string of the molecule is C[n+]1cnn2c(SCC3=C(C(=O)[O-])N4C(=O)C(NC(=O)/C(=N\OC(C)(C)C(=O)O)c5cnc(N)s5)C4SC3)nc(N)cc21. The molecule has 2 atom stereocenters. The molecule has 17 nitrogen and oxygen atoms in total. The van der Waals surface area contributed by atoms with Gasteiger partial charge in [0.25, 0.3) is 28.9 Å². The van der Waals surface area contributed by atoms with Crippen LogP contribution in [0.4, 0.5) is 10.9 Å². The number of fused-ring (bicyclic) bond motifs is 2. The number of aryl methyl sites for hydroxylation is 1. The maximum Gasteiger partial charge on any atom is 0.350 e. The standard InChI is InChI=1S/C23H24N10O7S3/c1-23(2,20(38)39)40-30-13(10-5-26-21(25)43-10)16(34)29-14-17(35)32-15(19(36)37)9(6-41-18(14)32)7-42-22-28-11(24)4-12-31(3)8-27-33(12)22/h4-5,8,14,18,24H,6-7H2,1-3H3,(H5,25,26,29,30,34,36,37,38,39). The summed E-state index contributed by atoms with van der Waals surface area (Å²) in [6.07, 6.45) is 2.84. The normalized spacial score (nSPS) is 18.8. The lowest BCUT2D eigenvalue weighted by Crippen LogP contribution is -2.71. The third-order valence-electron chi connectivity index (χ3n) is 6.36. The molecule has 5 rings (SSSR count). The Labute approximate surface area is 255 Å². The number of thiazole rings is 1. The van der Waals surface area contributed by atoms with Gasteiger partial charge in [-0.3, -0.25) is 14.5 Å². The minimum atomic E-state index is -1.77. The Bertz CT molecular complexity index is 1730. The topological polar surface area (TPSA) is 247 Å². The number of thioether (sulfide) groups is 2. The molecule has 5 heterocycles. The van der Waals surface area contributed by atoms with E-state index in [0.29, 0.717) is 16.4 Å². The minimum absolute atomic E-state index is 0.117. The van der Waals surface area contributed by atoms with Gasteiger partial charge in [-0.2, -0.15) is 4.98 Å². The van der Waals surface area contributed by atoms with Gasteiger partial charge in [-0.1, -0.05) is 28.3 Å². The van der Waals surface area contributed by atoms with Crippen LogP contribution in [0.15, 0.2) is 40.2 Å². The molecule has 1 saturated heterocycles. The first-order valence-corrected chi connectivity index (χ1v) is 15.2. The van der Waals surface area contributed by atoms with Crippen molar-refractivity contribution in [3.8, 4) is 0 Å². The van der Waals surface area contributed by atoms with E-state index < -0.39 is 40.8 Å². The Morgan fingerprint density at radius 1 is 1.37 bits per heavy atom. The van der Waals surface area contributed by atoms with Crippen molar-refractivity contribution in [3.05, 3.63) is 34.7 Å². The minimum Gasteiger partial charge on any atom is -0.543 e. The lowest BCUT2D eigenvalue weighted by Gasteiger charge is -2.50. The van der Waals surface area contributed by atoms with E-state index in [1.807, 2.05) is 0 Å². The number of carboxylic acids is 2. The van der Waals surface area contributed by atoms with E-state index >= 15 is 0 Å². The molecule has 2 aliphatic heterocycles. The summed E-state index contributed by atoms with van der Waals surface area (Å²) < 4.78 is 3.32. The van der Waals surface area contributed by atoms with Gasteiger partial charge in [-0.15, -0.1) is 11.8 Å². The van der Waals surface area contributed by atoms with Crippen molar-refractivity contribution in [2.75, 3.05) is 23.0 Å². The van der Waals surface area contributed by atoms with Gasteiger partial charge in [-0.25, -0.2) is 14.3 Å². The van der Waals surface area contributed by atoms with Gasteiger partial charge in [0.1, 0.15) is 17.2 Å². The van der Waals surface area contributed by atoms with E-state index in [1.165, 1.54) is 43.6 Å². The summed E-state index contributed by atoms with van der Waals surface area (Å²) in [5.41, 5.74) is 10.3. The van der Waals surface area contributed by atoms with Gasteiger partial charge in [0, 0.05) is 22.8 Å². The molecule has 2 amide bonds. The Balaban J connectivity index is 1.35. The quantitative estimate of drug-likeness (QED) is 0.0462. The number of nitrogens with zero attached hydrogens (tertiary/aromatic N) is 7. The maximum absolute atomic E-state index is 13.3. The van der Waals surface area contributed by atoms with Gasteiger partial charge in [-0.05, 0) is 23.9 Å². The molecule has 0 spiro atoms. The summed E-state index contributed by atoms with van der Waals surface area (Å²) in [4.78, 5) is 64.6. The van der Waals surface area contributed by atoms with Crippen LogP contribution < -0.4 is 26.5 Å². The number of amides is 2. The highest BCUT2D eigenvalue weighted by atomic mass is 32.2. The van der Waals surface area contributed by atoms with Crippen LogP contribution in [0.25, 0.3) is 5.65 Å². The number of anilines is 2. The third kappa shape index (κ3) is 5.67. The van der Waals surface area contributed by atoms with Gasteiger partial charge in [0.2, 0.25) is 5.60 Å². The van der Waals surface area contributed by atoms with Gasteiger partial charge in [0.15, 0.2) is 10.8 Å². The summed E-state index contributed by atoms with van der Waals surface area (Å²) in [7, 11) is 1.79. The first-order chi connectivity index (χ1) is 20.3. The molecule has 20 heteroatoms. The Hall–Kier alpha value is -4.43. The smallest absolute Gasteiger partial charge is 0.350 e. The van der Waals surface area contributed by atoms with Crippen LogP contribution in [0.1, 0.15) is 18.7 Å². The maximum atomic E-state index is 13.3. The number of nitrogens with one attached hydrogen (secondary N) is 1. The zero-order valence-electron chi connectivity index (χ0n) is 22.7. The van der Waals surface area contributed by atoms with Crippen LogP contribution in [0.3, 0.4) is 0 Å². The first kappa shape index (κ1) is 30.0. The fourth-order valence-electron chi connectivity index (χ4n) is 4.06. The number of hydrogen-bond acceptors (Lipinski definition) is 15. The highest BCUT2D eigenvalue weighted by Gasteiger charge is 2.53. The fraction of sp³-hybridized carbons (Fsp3) is 0.348. The zero-order valence-corrected chi connectivity index (χ0v) is 25.2. The summed E-state index contributed by atoms with van der Waals surface area (Å²) in [5, 5.41) is 31.9. The van der Waals surface area contributed by atoms with E-state index in [4.69, 9.17) is 16.3 Å². The molecule has 0 bridgehead atoms. The van der Waals surface area contributed by atoms with Crippen molar-refractivity contribution < 1.29 is 38.8 Å². The van der Waals surface area contributed by atoms with Crippen molar-refractivity contribution in [2.45, 2.75) is 36.0 Å². The molecule has 2 unspecified atom stereocenters. The molecule has 6 N–H and O–H groups in total. The molecular weight excluding hydrogens is 625 g/mol. The summed E-state index contributed by atoms with van der Waals surface area (Å²) in [6, 6.07) is 0.541. The van der Waals surface area contributed by atoms with Crippen LogP contribution in [0, 0.1) is 0 Å². The average molecular weight is 649 g/mol. The van der Waals surface area contributed by atoms with Crippen LogP contribution in [0.2, 0.25) is 0 Å². The first-order valence-electron chi connectivity index (χ1n) is 12.3. The molecule has 2 aliphatic rings. The number of carbonyl (C=O) groups is 4. The number of β-lactam (4-membered cyclic amide) rings is 1. The molecule has 0 aromatic carbocycles. The summed E-state index contributed by atoms with van der Waals surface area (Å²) >= 11 is 3.35. The number of rotatable bonds is 10. The lowest BCUT2D eigenvalue weighted by molar-refractivity contribution is -0.646.